The van der Waals surface area contributed by atoms with Crippen molar-refractivity contribution >= 4 is 17.7 Å². The van der Waals surface area contributed by atoms with Crippen molar-refractivity contribution in [2.45, 2.75) is 32.0 Å². The van der Waals surface area contributed by atoms with E-state index < -0.39 is 0 Å². The number of fused-ring (bicyclic) bond motifs is 2. The Morgan fingerprint density at radius 2 is 1.66 bits per heavy atom. The number of hydrogen-bond acceptors (Lipinski definition) is 4. The summed E-state index contributed by atoms with van der Waals surface area (Å²) >= 11 is 0. The first kappa shape index (κ1) is 19.3. The van der Waals surface area contributed by atoms with Crippen LogP contribution in [0.4, 0.5) is 0 Å². The summed E-state index contributed by atoms with van der Waals surface area (Å²) in [6.07, 6.45) is 1.51. The first-order valence-electron chi connectivity index (χ1n) is 9.92. The Kier molecular flexibility index (Phi) is 5.45. The molecule has 0 bridgehead atoms. The molecule has 1 atom stereocenters. The second-order valence-corrected chi connectivity index (χ2v) is 7.59. The summed E-state index contributed by atoms with van der Waals surface area (Å²) in [7, 11) is 1.77. The third-order valence-corrected chi connectivity index (χ3v) is 5.59. The van der Waals surface area contributed by atoms with Crippen molar-refractivity contribution in [3.05, 3.63) is 70.8 Å². The maximum Gasteiger partial charge on any atom is 0.261 e. The van der Waals surface area contributed by atoms with Crippen LogP contribution < -0.4 is 0 Å². The highest BCUT2D eigenvalue weighted by Gasteiger charge is 2.34. The molecule has 0 radical (unpaired) electrons. The molecule has 2 heterocycles. The molecular weight excluding hydrogens is 368 g/mol. The van der Waals surface area contributed by atoms with E-state index in [1.807, 2.05) is 12.1 Å². The molecule has 0 N–H and O–H groups in total. The van der Waals surface area contributed by atoms with Gasteiger partial charge in [-0.25, -0.2) is 0 Å². The van der Waals surface area contributed by atoms with E-state index >= 15 is 0 Å². The summed E-state index contributed by atoms with van der Waals surface area (Å²) in [6, 6.07) is 15.0. The summed E-state index contributed by atoms with van der Waals surface area (Å²) in [4.78, 5) is 40.2. The number of amides is 3. The Hall–Kier alpha value is -2.99. The van der Waals surface area contributed by atoms with Gasteiger partial charge in [-0.1, -0.05) is 36.4 Å². The van der Waals surface area contributed by atoms with E-state index in [1.54, 1.807) is 36.2 Å². The highest BCUT2D eigenvalue weighted by molar-refractivity contribution is 6.21. The van der Waals surface area contributed by atoms with Gasteiger partial charge in [-0.05, 0) is 29.7 Å². The number of hydrogen-bond donors (Lipinski definition) is 0. The van der Waals surface area contributed by atoms with E-state index in [4.69, 9.17) is 4.74 Å². The van der Waals surface area contributed by atoms with Crippen LogP contribution in [-0.4, -0.2) is 53.8 Å². The van der Waals surface area contributed by atoms with Gasteiger partial charge in [0, 0.05) is 33.0 Å². The molecule has 0 aliphatic carbocycles. The van der Waals surface area contributed by atoms with Crippen molar-refractivity contribution in [2.24, 2.45) is 0 Å². The van der Waals surface area contributed by atoms with Gasteiger partial charge in [0.2, 0.25) is 5.91 Å². The van der Waals surface area contributed by atoms with Gasteiger partial charge in [-0.15, -0.1) is 0 Å². The molecule has 6 heteroatoms. The first-order chi connectivity index (χ1) is 14.0. The average molecular weight is 392 g/mol. The number of likely N-dealkylation sites (N-methyl/N-ethyl adjacent to an activating group) is 1. The monoisotopic (exact) mass is 392 g/mol. The van der Waals surface area contributed by atoms with Crippen LogP contribution in [0.5, 0.6) is 0 Å². The minimum Gasteiger partial charge on any atom is -0.371 e. The molecule has 0 fully saturated rings. The molecule has 0 saturated heterocycles. The lowest BCUT2D eigenvalue weighted by molar-refractivity contribution is -0.132. The fourth-order valence-electron chi connectivity index (χ4n) is 3.96. The van der Waals surface area contributed by atoms with Gasteiger partial charge < -0.3 is 9.64 Å². The Balaban J connectivity index is 1.25. The van der Waals surface area contributed by atoms with Gasteiger partial charge in [0.25, 0.3) is 11.8 Å². The fraction of sp³-hybridized carbons (Fsp3) is 0.348. The van der Waals surface area contributed by atoms with Gasteiger partial charge in [0.05, 0.1) is 23.8 Å². The van der Waals surface area contributed by atoms with Crippen molar-refractivity contribution in [3.63, 3.8) is 0 Å². The van der Waals surface area contributed by atoms with E-state index in [9.17, 15) is 14.4 Å². The predicted molar refractivity (Wildman–Crippen MR) is 107 cm³/mol. The first-order valence-corrected chi connectivity index (χ1v) is 9.92. The maximum atomic E-state index is 12.5. The third-order valence-electron chi connectivity index (χ3n) is 5.59. The lowest BCUT2D eigenvalue weighted by atomic mass is 9.99. The number of benzene rings is 2. The molecule has 2 aromatic carbocycles. The molecular formula is C23H24N2O4. The van der Waals surface area contributed by atoms with Crippen molar-refractivity contribution in [1.29, 1.82) is 0 Å². The molecule has 6 nitrogen and oxygen atoms in total. The number of carbonyl (C=O) groups excluding carboxylic acids is 3. The van der Waals surface area contributed by atoms with Crippen LogP contribution in [0.1, 0.15) is 44.7 Å². The number of nitrogens with zero attached hydrogens (tertiary/aromatic N) is 2. The molecule has 150 valence electrons. The SMILES string of the molecule is CN(CC1Cc2ccccc2CO1)C(=O)CCCN1C(=O)c2ccccc2C1=O. The number of carbonyl (C=O) groups is 3. The normalized spacial score (nSPS) is 17.8. The second kappa shape index (κ2) is 8.17. The molecule has 2 aromatic rings. The molecule has 3 amide bonds. The Labute approximate surface area is 170 Å². The van der Waals surface area contributed by atoms with E-state index in [0.29, 0.717) is 30.7 Å². The Bertz CT molecular complexity index is 920. The van der Waals surface area contributed by atoms with Crippen molar-refractivity contribution in [3.8, 4) is 0 Å². The number of imide groups is 1. The highest BCUT2D eigenvalue weighted by atomic mass is 16.5. The van der Waals surface area contributed by atoms with E-state index in [2.05, 4.69) is 12.1 Å². The van der Waals surface area contributed by atoms with Gasteiger partial charge >= 0.3 is 0 Å². The third kappa shape index (κ3) is 3.93. The smallest absolute Gasteiger partial charge is 0.261 e. The molecule has 2 aliphatic rings. The number of rotatable bonds is 6. The topological polar surface area (TPSA) is 66.9 Å². The molecule has 0 spiro atoms. The van der Waals surface area contributed by atoms with Gasteiger partial charge in [0.1, 0.15) is 0 Å². The fourth-order valence-corrected chi connectivity index (χ4v) is 3.96. The van der Waals surface area contributed by atoms with Gasteiger partial charge in [0.15, 0.2) is 0 Å². The minimum atomic E-state index is -0.277. The van der Waals surface area contributed by atoms with Crippen LogP contribution >= 0.6 is 0 Å². The largest absolute Gasteiger partial charge is 0.371 e. The van der Waals surface area contributed by atoms with Gasteiger partial charge in [-0.2, -0.15) is 0 Å². The Morgan fingerprint density at radius 1 is 1.03 bits per heavy atom. The predicted octanol–water partition coefficient (Wildman–Crippen LogP) is 2.66. The zero-order valence-electron chi connectivity index (χ0n) is 16.5. The Morgan fingerprint density at radius 3 is 2.34 bits per heavy atom. The molecule has 0 aromatic heterocycles. The van der Waals surface area contributed by atoms with Crippen molar-refractivity contribution in [1.82, 2.24) is 9.80 Å². The van der Waals surface area contributed by atoms with E-state index in [1.165, 1.54) is 16.0 Å². The van der Waals surface area contributed by atoms with Gasteiger partial charge in [-0.3, -0.25) is 19.3 Å². The summed E-state index contributed by atoms with van der Waals surface area (Å²) in [5.74, 6) is -0.564. The maximum absolute atomic E-state index is 12.5. The van der Waals surface area contributed by atoms with E-state index in [-0.39, 0.29) is 36.8 Å². The summed E-state index contributed by atoms with van der Waals surface area (Å²) in [5, 5.41) is 0. The zero-order chi connectivity index (χ0) is 20.4. The molecule has 0 saturated carbocycles. The van der Waals surface area contributed by atoms with Crippen LogP contribution in [0.25, 0.3) is 0 Å². The lowest BCUT2D eigenvalue weighted by Crippen LogP contribution is -2.38. The quantitative estimate of drug-likeness (QED) is 0.709. The standard InChI is InChI=1S/C23H24N2O4/c1-24(14-18-13-16-7-2-3-8-17(16)15-29-18)21(26)11-6-12-25-22(27)19-9-4-5-10-20(19)23(25)28/h2-5,7-10,18H,6,11-15H2,1H3. The molecule has 2 aliphatic heterocycles. The lowest BCUT2D eigenvalue weighted by Gasteiger charge is -2.29. The minimum absolute atomic E-state index is 0.0101. The van der Waals surface area contributed by atoms with Crippen molar-refractivity contribution < 1.29 is 19.1 Å². The zero-order valence-corrected chi connectivity index (χ0v) is 16.5. The molecule has 1 unspecified atom stereocenters. The van der Waals surface area contributed by atoms with Crippen LogP contribution in [0, 0.1) is 0 Å². The van der Waals surface area contributed by atoms with Crippen LogP contribution in [-0.2, 0) is 22.6 Å². The van der Waals surface area contributed by atoms with Crippen LogP contribution in [0.15, 0.2) is 48.5 Å². The van der Waals surface area contributed by atoms with E-state index in [0.717, 1.165) is 6.42 Å². The highest BCUT2D eigenvalue weighted by Crippen LogP contribution is 2.23. The summed E-state index contributed by atoms with van der Waals surface area (Å²) < 4.78 is 5.88. The molecule has 29 heavy (non-hydrogen) atoms. The second-order valence-electron chi connectivity index (χ2n) is 7.59. The van der Waals surface area contributed by atoms with Crippen molar-refractivity contribution in [2.75, 3.05) is 20.1 Å². The summed E-state index contributed by atoms with van der Waals surface area (Å²) in [5.41, 5.74) is 3.36. The van der Waals surface area contributed by atoms with Crippen LogP contribution in [0.2, 0.25) is 0 Å². The average Bonchev–Trinajstić information content (AvgIpc) is 2.98. The van der Waals surface area contributed by atoms with Crippen LogP contribution in [0.3, 0.4) is 0 Å². The summed E-state index contributed by atoms with van der Waals surface area (Å²) in [6.45, 7) is 1.35. The molecule has 4 rings (SSSR count). The number of ether oxygens (including phenoxy) is 1.